The summed E-state index contributed by atoms with van der Waals surface area (Å²) in [6.07, 6.45) is 6.33. The SMILES string of the molecule is CCC[CH2][Sn]([CH2]CCC)([CH2]CCC)[c]1cc(CN(C)C(N)=NC)cc(C(=O)CCCCCC(CC(=O)CCC(=O)NCCCC[C@@H](OC=O)OC(=O)N[C@@H](CCC(=O)O)C(=O)O)OC=O)c1. The van der Waals surface area contributed by atoms with Gasteiger partial charge in [0.05, 0.1) is 0 Å². The Morgan fingerprint density at radius 3 is 2.00 bits per heavy atom. The predicted octanol–water partition coefficient (Wildman–Crippen LogP) is 6.36. The number of Topliss-reactive ketones (excluding diaryl/α,β-unsaturated/α-hetero) is 2. The number of nitrogens with zero attached hydrogens (tertiary/aromatic N) is 2. The van der Waals surface area contributed by atoms with Crippen LogP contribution in [0, 0.1) is 0 Å². The van der Waals surface area contributed by atoms with Crippen LogP contribution in [0.1, 0.15) is 159 Å². The molecular formula is C47H77N5O13Sn. The maximum absolute atomic E-state index is 13.9. The molecular weight excluding hydrogens is 961 g/mol. The van der Waals surface area contributed by atoms with E-state index in [1.165, 1.54) is 36.2 Å². The Morgan fingerprint density at radius 1 is 0.788 bits per heavy atom. The van der Waals surface area contributed by atoms with Crippen molar-refractivity contribution in [2.24, 2.45) is 10.7 Å². The van der Waals surface area contributed by atoms with Crippen LogP contribution >= 0.6 is 0 Å². The van der Waals surface area contributed by atoms with Crippen LogP contribution in [0.3, 0.4) is 0 Å². The van der Waals surface area contributed by atoms with Gasteiger partial charge in [0, 0.05) is 32.2 Å². The van der Waals surface area contributed by atoms with E-state index in [9.17, 15) is 43.5 Å². The second-order valence-electron chi connectivity index (χ2n) is 16.9. The summed E-state index contributed by atoms with van der Waals surface area (Å²) in [7, 11) is 3.58. The van der Waals surface area contributed by atoms with Gasteiger partial charge in [-0.2, -0.15) is 0 Å². The number of alkyl carbamates (subject to hydrolysis) is 1. The first-order chi connectivity index (χ1) is 31.6. The first-order valence-electron chi connectivity index (χ1n) is 23.6. The third-order valence-corrected chi connectivity index (χ3v) is 27.2. The molecule has 18 nitrogen and oxygen atoms in total. The molecule has 66 heavy (non-hydrogen) atoms. The van der Waals surface area contributed by atoms with Crippen molar-refractivity contribution in [3.05, 3.63) is 29.3 Å². The van der Waals surface area contributed by atoms with Crippen molar-refractivity contribution >= 4 is 76.4 Å². The molecule has 3 atom stereocenters. The number of guanidine groups is 1. The molecule has 1 aromatic rings. The first-order valence-corrected chi connectivity index (χ1v) is 31.1. The Bertz CT molecular complexity index is 1690. The minimum absolute atomic E-state index is 0.0282. The molecule has 1 aromatic carbocycles. The number of hydrogen-bond acceptors (Lipinski definition) is 12. The summed E-state index contributed by atoms with van der Waals surface area (Å²) in [6, 6.07) is 5.08. The molecule has 0 bridgehead atoms. The molecule has 0 heterocycles. The Morgan fingerprint density at radius 2 is 1.42 bits per heavy atom. The van der Waals surface area contributed by atoms with E-state index in [-0.39, 0.29) is 62.6 Å². The summed E-state index contributed by atoms with van der Waals surface area (Å²) in [4.78, 5) is 102. The monoisotopic (exact) mass is 1040 g/mol. The van der Waals surface area contributed by atoms with Gasteiger partial charge in [-0.25, -0.2) is 9.59 Å². The van der Waals surface area contributed by atoms with Gasteiger partial charge < -0.3 is 30.3 Å². The van der Waals surface area contributed by atoms with E-state index in [1.807, 2.05) is 23.3 Å². The van der Waals surface area contributed by atoms with E-state index in [4.69, 9.17) is 25.1 Å². The number of rotatable bonds is 39. The zero-order valence-corrected chi connectivity index (χ0v) is 42.8. The van der Waals surface area contributed by atoms with Gasteiger partial charge in [-0.1, -0.05) is 0 Å². The molecule has 1 unspecified atom stereocenters. The molecule has 0 fully saturated rings. The number of carboxylic acids is 2. The van der Waals surface area contributed by atoms with E-state index in [2.05, 4.69) is 43.2 Å². The number of nitrogens with one attached hydrogen (secondary N) is 2. The summed E-state index contributed by atoms with van der Waals surface area (Å²) < 4.78 is 20.2. The molecule has 0 saturated heterocycles. The third-order valence-electron chi connectivity index (χ3n) is 11.6. The fourth-order valence-corrected chi connectivity index (χ4v) is 24.0. The standard InChI is InChI=1S/C35H50N5O13.3C4H9.Sn/c1-37-34(36)40(2)21-24-9-8-10-25(19-24)29(44)12-5-3-4-11-27(51-22-41)20-26(43)14-16-30(45)38-18-7-6-13-32(52-23-42)53-35(50)39-28(33(48)49)15-17-31(46)47;3*1-3-4-2;/h9-10,19,22-23,27-28,32H,3-7,11-18,20-21H2,1-2H3,(H2,36,37)(H,38,45)(H,39,50)(H,46,47)(H,48,49);3*1,3-4H2,2H3;/t27?,28-,32-;;;;/m0..../s1. The number of carbonyl (C=O) groups excluding carboxylic acids is 6. The van der Waals surface area contributed by atoms with Gasteiger partial charge in [0.25, 0.3) is 6.47 Å². The zero-order chi connectivity index (χ0) is 49.3. The summed E-state index contributed by atoms with van der Waals surface area (Å²) in [6.45, 7) is 7.90. The van der Waals surface area contributed by atoms with Gasteiger partial charge in [-0.15, -0.1) is 0 Å². The fraction of sp³-hybridized carbons (Fsp3) is 0.681. The normalized spacial score (nSPS) is 12.8. The Balaban J connectivity index is 2.72. The number of benzene rings is 1. The molecule has 0 aliphatic heterocycles. The second-order valence-corrected chi connectivity index (χ2v) is 30.2. The van der Waals surface area contributed by atoms with Gasteiger partial charge in [0.1, 0.15) is 6.04 Å². The number of unbranched alkanes of at least 4 members (excludes halogenated alkanes) is 6. The molecule has 2 amide bonds. The Kier molecular flexibility index (Phi) is 31.0. The van der Waals surface area contributed by atoms with Crippen LogP contribution in [0.5, 0.6) is 0 Å². The number of aliphatic carboxylic acids is 2. The quantitative estimate of drug-likeness (QED) is 0.00913. The summed E-state index contributed by atoms with van der Waals surface area (Å²) in [5, 5.41) is 22.7. The molecule has 6 N–H and O–H groups in total. The number of nitrogens with two attached hydrogens (primary N) is 1. The van der Waals surface area contributed by atoms with Gasteiger partial charge in [0.2, 0.25) is 12.2 Å². The topological polar surface area (TPSA) is 270 Å². The van der Waals surface area contributed by atoms with Gasteiger partial charge in [-0.3, -0.25) is 24.0 Å². The fourth-order valence-electron chi connectivity index (χ4n) is 7.80. The second kappa shape index (κ2) is 34.5. The third kappa shape index (κ3) is 24.7. The minimum atomic E-state index is -2.90. The van der Waals surface area contributed by atoms with Crippen molar-refractivity contribution in [1.82, 2.24) is 15.5 Å². The first kappa shape index (κ1) is 59.3. The van der Waals surface area contributed by atoms with Crippen molar-refractivity contribution in [3.63, 3.8) is 0 Å². The van der Waals surface area contributed by atoms with Crippen molar-refractivity contribution in [2.45, 2.75) is 181 Å². The summed E-state index contributed by atoms with van der Waals surface area (Å²) in [5.74, 6) is -2.79. The Labute approximate surface area is 394 Å². The van der Waals surface area contributed by atoms with E-state index >= 15 is 0 Å². The molecule has 372 valence electrons. The molecule has 0 spiro atoms. The van der Waals surface area contributed by atoms with Gasteiger partial charge in [0.15, 0.2) is 0 Å². The zero-order valence-electron chi connectivity index (χ0n) is 39.9. The molecule has 0 radical (unpaired) electrons. The van der Waals surface area contributed by atoms with Crippen LogP contribution in [0.25, 0.3) is 0 Å². The van der Waals surface area contributed by atoms with E-state index in [1.54, 1.807) is 7.05 Å². The van der Waals surface area contributed by atoms with Crippen molar-refractivity contribution in [3.8, 4) is 0 Å². The predicted molar refractivity (Wildman–Crippen MR) is 253 cm³/mol. The Hall–Kier alpha value is -4.75. The van der Waals surface area contributed by atoms with Gasteiger partial charge >= 0.3 is 256 Å². The molecule has 19 heteroatoms. The molecule has 0 aliphatic rings. The van der Waals surface area contributed by atoms with Crippen molar-refractivity contribution in [1.29, 1.82) is 0 Å². The number of aliphatic imine (C=N–C) groups is 1. The van der Waals surface area contributed by atoms with Crippen molar-refractivity contribution in [2.75, 3.05) is 20.6 Å². The average Bonchev–Trinajstić information content (AvgIpc) is 3.28. The van der Waals surface area contributed by atoms with E-state index in [0.29, 0.717) is 63.9 Å². The van der Waals surface area contributed by atoms with Crippen LogP contribution in [0.2, 0.25) is 13.3 Å². The molecule has 0 saturated carbocycles. The van der Waals surface area contributed by atoms with Gasteiger partial charge in [-0.05, 0) is 19.3 Å². The molecule has 0 aromatic heterocycles. The van der Waals surface area contributed by atoms with Crippen LogP contribution < -0.4 is 19.9 Å². The van der Waals surface area contributed by atoms with Crippen LogP contribution in [0.15, 0.2) is 23.2 Å². The number of carboxylic acid groups (broad SMARTS) is 2. The number of ketones is 2. The van der Waals surface area contributed by atoms with E-state index < -0.39 is 61.3 Å². The number of carbonyl (C=O) groups is 8. The van der Waals surface area contributed by atoms with Crippen LogP contribution in [-0.2, 0) is 49.5 Å². The number of hydrogen-bond donors (Lipinski definition) is 5. The van der Waals surface area contributed by atoms with E-state index in [0.717, 1.165) is 30.4 Å². The number of amides is 2. The maximum atomic E-state index is 13.9. The molecule has 0 aliphatic carbocycles. The number of ether oxygens (including phenoxy) is 3. The summed E-state index contributed by atoms with van der Waals surface area (Å²) >= 11 is -2.90. The average molecular weight is 1040 g/mol. The molecule has 1 rings (SSSR count). The summed E-state index contributed by atoms with van der Waals surface area (Å²) in [5.41, 5.74) is 7.99. The van der Waals surface area contributed by atoms with Crippen molar-refractivity contribution < 1.29 is 62.8 Å². The van der Waals surface area contributed by atoms with Crippen LogP contribution in [0.4, 0.5) is 4.79 Å². The van der Waals surface area contributed by atoms with Crippen LogP contribution in [-0.4, -0.2) is 127 Å².